The molecule has 0 spiro atoms. The number of hydrogen-bond acceptors (Lipinski definition) is 4. The Labute approximate surface area is 130 Å². The average Bonchev–Trinajstić information content (AvgIpc) is 2.46. The Balaban J connectivity index is 1.91. The van der Waals surface area contributed by atoms with Crippen molar-refractivity contribution in [3.8, 4) is 0 Å². The number of nitrogens with zero attached hydrogens (tertiary/aromatic N) is 2. The van der Waals surface area contributed by atoms with Crippen molar-refractivity contribution in [3.05, 3.63) is 73.8 Å². The van der Waals surface area contributed by atoms with Crippen molar-refractivity contribution in [2.45, 2.75) is 6.61 Å². The molecule has 0 unspecified atom stereocenters. The smallest absolute Gasteiger partial charge is 0.269 e. The van der Waals surface area contributed by atoms with Gasteiger partial charge in [-0.25, -0.2) is 0 Å². The predicted octanol–water partition coefficient (Wildman–Crippen LogP) is 4.45. The van der Waals surface area contributed by atoms with Gasteiger partial charge in [-0.3, -0.25) is 10.1 Å². The van der Waals surface area contributed by atoms with E-state index >= 15 is 0 Å². The van der Waals surface area contributed by atoms with Crippen molar-refractivity contribution >= 4 is 35.1 Å². The Morgan fingerprint density at radius 2 is 1.90 bits per heavy atom. The molecule has 0 aliphatic rings. The van der Waals surface area contributed by atoms with Crippen molar-refractivity contribution in [2.24, 2.45) is 5.16 Å². The second-order valence-corrected chi connectivity index (χ2v) is 4.94. The minimum Gasteiger partial charge on any atom is -0.391 e. The maximum absolute atomic E-state index is 10.5. The number of rotatable bonds is 5. The van der Waals surface area contributed by atoms with Gasteiger partial charge in [-0.15, -0.1) is 0 Å². The molecule has 2 rings (SSSR count). The predicted molar refractivity (Wildman–Crippen MR) is 81.9 cm³/mol. The molecule has 2 aromatic rings. The number of halogens is 2. The van der Waals surface area contributed by atoms with Gasteiger partial charge in [0.05, 0.1) is 16.2 Å². The van der Waals surface area contributed by atoms with Crippen LogP contribution in [0.15, 0.2) is 47.6 Å². The highest BCUT2D eigenvalue weighted by Crippen LogP contribution is 2.19. The molecule has 0 atom stereocenters. The van der Waals surface area contributed by atoms with Crippen LogP contribution in [0.5, 0.6) is 0 Å². The summed E-state index contributed by atoms with van der Waals surface area (Å²) >= 11 is 11.8. The van der Waals surface area contributed by atoms with Crippen LogP contribution in [0.1, 0.15) is 11.1 Å². The van der Waals surface area contributed by atoms with Gasteiger partial charge in [0.15, 0.2) is 0 Å². The van der Waals surface area contributed by atoms with Crippen LogP contribution in [0.3, 0.4) is 0 Å². The lowest BCUT2D eigenvalue weighted by molar-refractivity contribution is -0.384. The van der Waals surface area contributed by atoms with Crippen LogP contribution in [0.4, 0.5) is 5.69 Å². The molecule has 0 saturated heterocycles. The van der Waals surface area contributed by atoms with Gasteiger partial charge in [0.1, 0.15) is 6.61 Å². The molecule has 21 heavy (non-hydrogen) atoms. The normalized spacial score (nSPS) is 10.8. The van der Waals surface area contributed by atoms with Gasteiger partial charge < -0.3 is 4.84 Å². The number of nitro groups is 1. The van der Waals surface area contributed by atoms with E-state index in [0.29, 0.717) is 15.6 Å². The van der Waals surface area contributed by atoms with Gasteiger partial charge in [-0.1, -0.05) is 34.4 Å². The molecule has 2 aromatic carbocycles. The zero-order valence-corrected chi connectivity index (χ0v) is 12.2. The molecule has 0 fully saturated rings. The van der Waals surface area contributed by atoms with E-state index in [1.807, 2.05) is 0 Å². The first-order valence-corrected chi connectivity index (χ1v) is 6.65. The van der Waals surface area contributed by atoms with E-state index < -0.39 is 4.92 Å². The van der Waals surface area contributed by atoms with Crippen LogP contribution in [0, 0.1) is 10.1 Å². The molecule has 0 radical (unpaired) electrons. The molecule has 0 aromatic heterocycles. The third kappa shape index (κ3) is 4.44. The second kappa shape index (κ2) is 7.06. The van der Waals surface area contributed by atoms with Gasteiger partial charge in [-0.05, 0) is 29.8 Å². The monoisotopic (exact) mass is 324 g/mol. The molecule has 0 saturated carbocycles. The summed E-state index contributed by atoms with van der Waals surface area (Å²) in [5.41, 5.74) is 1.50. The quantitative estimate of drug-likeness (QED) is 0.463. The summed E-state index contributed by atoms with van der Waals surface area (Å²) in [7, 11) is 0. The molecule has 0 heterocycles. The zero-order valence-electron chi connectivity index (χ0n) is 10.7. The number of hydrogen-bond donors (Lipinski definition) is 0. The lowest BCUT2D eigenvalue weighted by Gasteiger charge is -2.00. The van der Waals surface area contributed by atoms with Gasteiger partial charge in [-0.2, -0.15) is 0 Å². The Morgan fingerprint density at radius 1 is 1.19 bits per heavy atom. The first-order chi connectivity index (χ1) is 10.1. The number of non-ortho nitro benzene ring substituents is 1. The molecular formula is C14H10Cl2N2O3. The SMILES string of the molecule is O=[N+]([O-])c1ccc(CON=Cc2ccc(Cl)cc2Cl)cc1. The van der Waals surface area contributed by atoms with E-state index in [-0.39, 0.29) is 12.3 Å². The standard InChI is InChI=1S/C14H10Cl2N2O3/c15-12-4-3-11(14(16)7-12)8-17-21-9-10-1-5-13(6-2-10)18(19)20/h1-8H,9H2. The largest absolute Gasteiger partial charge is 0.391 e. The van der Waals surface area contributed by atoms with Gasteiger partial charge in [0.25, 0.3) is 5.69 Å². The third-order valence-corrected chi connectivity index (χ3v) is 3.17. The van der Waals surface area contributed by atoms with Gasteiger partial charge in [0, 0.05) is 22.7 Å². The fraction of sp³-hybridized carbons (Fsp3) is 0.0714. The maximum Gasteiger partial charge on any atom is 0.269 e. The van der Waals surface area contributed by atoms with Crippen LogP contribution in [0.25, 0.3) is 0 Å². The number of nitro benzene ring substituents is 1. The van der Waals surface area contributed by atoms with Crippen LogP contribution in [0.2, 0.25) is 10.0 Å². The zero-order chi connectivity index (χ0) is 15.2. The minimum atomic E-state index is -0.453. The maximum atomic E-state index is 10.5. The number of oxime groups is 1. The van der Waals surface area contributed by atoms with Crippen LogP contribution in [-0.2, 0) is 11.4 Å². The fourth-order valence-corrected chi connectivity index (χ4v) is 1.98. The number of benzene rings is 2. The summed E-state index contributed by atoms with van der Waals surface area (Å²) in [5.74, 6) is 0. The lowest BCUT2D eigenvalue weighted by atomic mass is 10.2. The summed E-state index contributed by atoms with van der Waals surface area (Å²) in [6, 6.07) is 11.1. The van der Waals surface area contributed by atoms with Crippen LogP contribution >= 0.6 is 23.2 Å². The summed E-state index contributed by atoms with van der Waals surface area (Å²) in [6.07, 6.45) is 1.48. The first kappa shape index (κ1) is 15.3. The van der Waals surface area contributed by atoms with Crippen molar-refractivity contribution in [3.63, 3.8) is 0 Å². The summed E-state index contributed by atoms with van der Waals surface area (Å²) in [6.45, 7) is 0.208. The minimum absolute atomic E-state index is 0.0372. The Kier molecular flexibility index (Phi) is 5.14. The lowest BCUT2D eigenvalue weighted by Crippen LogP contribution is -1.91. The van der Waals surface area contributed by atoms with E-state index in [4.69, 9.17) is 28.0 Å². The molecular weight excluding hydrogens is 315 g/mol. The summed E-state index contributed by atoms with van der Waals surface area (Å²) < 4.78 is 0. The van der Waals surface area contributed by atoms with E-state index in [2.05, 4.69) is 5.16 Å². The highest BCUT2D eigenvalue weighted by molar-refractivity contribution is 6.36. The van der Waals surface area contributed by atoms with E-state index in [9.17, 15) is 10.1 Å². The highest BCUT2D eigenvalue weighted by Gasteiger charge is 2.03. The van der Waals surface area contributed by atoms with Crippen molar-refractivity contribution in [1.82, 2.24) is 0 Å². The van der Waals surface area contributed by atoms with Crippen LogP contribution in [-0.4, -0.2) is 11.1 Å². The third-order valence-electron chi connectivity index (χ3n) is 2.61. The Hall–Kier alpha value is -2.11. The van der Waals surface area contributed by atoms with Crippen LogP contribution < -0.4 is 0 Å². The summed E-state index contributed by atoms with van der Waals surface area (Å²) in [5, 5.41) is 15.3. The fourth-order valence-electron chi connectivity index (χ4n) is 1.53. The second-order valence-electron chi connectivity index (χ2n) is 4.10. The molecule has 0 aliphatic carbocycles. The molecule has 7 heteroatoms. The first-order valence-electron chi connectivity index (χ1n) is 5.90. The van der Waals surface area contributed by atoms with E-state index in [0.717, 1.165) is 5.56 Å². The van der Waals surface area contributed by atoms with E-state index in [1.165, 1.54) is 18.3 Å². The topological polar surface area (TPSA) is 64.7 Å². The average molecular weight is 325 g/mol. The molecule has 0 bridgehead atoms. The van der Waals surface area contributed by atoms with Crippen molar-refractivity contribution in [2.75, 3.05) is 0 Å². The van der Waals surface area contributed by atoms with Crippen molar-refractivity contribution in [1.29, 1.82) is 0 Å². The van der Waals surface area contributed by atoms with Gasteiger partial charge in [0.2, 0.25) is 0 Å². The Bertz CT molecular complexity index is 672. The molecule has 0 aliphatic heterocycles. The molecule has 0 amide bonds. The molecule has 5 nitrogen and oxygen atoms in total. The Morgan fingerprint density at radius 3 is 2.52 bits per heavy atom. The van der Waals surface area contributed by atoms with Gasteiger partial charge >= 0.3 is 0 Å². The molecule has 108 valence electrons. The van der Waals surface area contributed by atoms with Crippen molar-refractivity contribution < 1.29 is 9.76 Å². The summed E-state index contributed by atoms with van der Waals surface area (Å²) in [4.78, 5) is 15.2. The molecule has 0 N–H and O–H groups in total. The highest BCUT2D eigenvalue weighted by atomic mass is 35.5. The van der Waals surface area contributed by atoms with E-state index in [1.54, 1.807) is 30.3 Å².